The molecular weight excluding hydrogens is 532 g/mol. The van der Waals surface area contributed by atoms with Crippen LogP contribution in [0.3, 0.4) is 0 Å². The first kappa shape index (κ1) is 27.4. The second-order valence-electron chi connectivity index (χ2n) is 9.24. The van der Waals surface area contributed by atoms with Gasteiger partial charge in [-0.05, 0) is 33.3 Å². The van der Waals surface area contributed by atoms with Crippen LogP contribution in [0.2, 0.25) is 0 Å². The Balaban J connectivity index is 1.54. The van der Waals surface area contributed by atoms with Crippen molar-refractivity contribution in [2.75, 3.05) is 30.7 Å². The quantitative estimate of drug-likeness (QED) is 0.292. The van der Waals surface area contributed by atoms with Crippen LogP contribution in [-0.4, -0.2) is 72.8 Å². The van der Waals surface area contributed by atoms with Crippen molar-refractivity contribution in [2.45, 2.75) is 49.8 Å². The second-order valence-corrected chi connectivity index (χ2v) is 11.0. The minimum atomic E-state index is -2.42. The number of thioether (sulfide) groups is 1. The van der Waals surface area contributed by atoms with E-state index in [1.807, 2.05) is 0 Å². The molecule has 2 saturated heterocycles. The van der Waals surface area contributed by atoms with Crippen LogP contribution in [0.25, 0.3) is 0 Å². The highest BCUT2D eigenvalue weighted by Crippen LogP contribution is 2.30. The highest BCUT2D eigenvalue weighted by molar-refractivity contribution is 7.98. The van der Waals surface area contributed by atoms with Crippen LogP contribution in [0.5, 0.6) is 5.88 Å². The third kappa shape index (κ3) is 7.04. The van der Waals surface area contributed by atoms with Crippen molar-refractivity contribution in [3.05, 3.63) is 41.5 Å². The minimum Gasteiger partial charge on any atom is -0.470 e. The van der Waals surface area contributed by atoms with Gasteiger partial charge in [0.1, 0.15) is 18.3 Å². The first-order valence-electron chi connectivity index (χ1n) is 11.4. The van der Waals surface area contributed by atoms with Crippen molar-refractivity contribution < 1.29 is 36.6 Å². The number of aromatic nitrogens is 2. The van der Waals surface area contributed by atoms with Crippen LogP contribution in [-0.2, 0) is 26.6 Å². The van der Waals surface area contributed by atoms with Crippen molar-refractivity contribution in [1.82, 2.24) is 20.0 Å². The number of hydrogen-bond donors (Lipinski definition) is 1. The van der Waals surface area contributed by atoms with Crippen LogP contribution in [0.4, 0.5) is 19.4 Å². The molecule has 4 rings (SSSR count). The van der Waals surface area contributed by atoms with E-state index in [-0.39, 0.29) is 41.3 Å². The number of carbonyl (C=O) groups excluding carboxylic acids is 1. The highest BCUT2D eigenvalue weighted by atomic mass is 32.2. The van der Waals surface area contributed by atoms with Gasteiger partial charge in [-0.2, -0.15) is 14.5 Å². The zero-order valence-corrected chi connectivity index (χ0v) is 22.1. The van der Waals surface area contributed by atoms with Gasteiger partial charge in [-0.25, -0.2) is 27.8 Å². The van der Waals surface area contributed by atoms with E-state index < -0.39 is 40.7 Å². The summed E-state index contributed by atoms with van der Waals surface area (Å²) in [6.45, 7) is 6.43. The molecule has 1 N–H and O–H groups in total. The van der Waals surface area contributed by atoms with Gasteiger partial charge in [-0.15, -0.1) is 0 Å². The molecule has 202 valence electrons. The van der Waals surface area contributed by atoms with Gasteiger partial charge >= 0.3 is 6.09 Å². The molecule has 2 atom stereocenters. The summed E-state index contributed by atoms with van der Waals surface area (Å²) in [6.07, 6.45) is -0.413. The van der Waals surface area contributed by atoms with Crippen molar-refractivity contribution in [3.8, 4) is 5.88 Å². The number of ether oxygens (including phenoxy) is 2. The summed E-state index contributed by atoms with van der Waals surface area (Å²) in [6, 6.07) is 5.27. The lowest BCUT2D eigenvalue weighted by molar-refractivity contribution is -0.107. The Morgan fingerprint density at radius 1 is 1.32 bits per heavy atom. The lowest BCUT2D eigenvalue weighted by Crippen LogP contribution is -2.51. The van der Waals surface area contributed by atoms with Crippen LogP contribution >= 0.6 is 11.8 Å². The molecule has 2 aliphatic rings. The average Bonchev–Trinajstić information content (AvgIpc) is 3.24. The summed E-state index contributed by atoms with van der Waals surface area (Å²) in [5.41, 5.74) is -0.585. The van der Waals surface area contributed by atoms with Crippen molar-refractivity contribution in [2.24, 2.45) is 0 Å². The van der Waals surface area contributed by atoms with Gasteiger partial charge in [0, 0.05) is 30.5 Å². The first-order valence-corrected chi connectivity index (χ1v) is 13.5. The highest BCUT2D eigenvalue weighted by Gasteiger charge is 2.34. The summed E-state index contributed by atoms with van der Waals surface area (Å²) >= 11 is -1.41. The molecule has 2 aliphatic heterocycles. The van der Waals surface area contributed by atoms with E-state index in [0.717, 1.165) is 33.7 Å². The van der Waals surface area contributed by atoms with E-state index in [1.54, 1.807) is 25.8 Å². The molecule has 2 aromatic rings. The van der Waals surface area contributed by atoms with E-state index in [4.69, 9.17) is 14.3 Å². The number of benzene rings is 1. The maximum atomic E-state index is 14.1. The Hall–Kier alpha value is -2.59. The number of hydrogen-bond acceptors (Lipinski definition) is 9. The molecule has 3 heterocycles. The van der Waals surface area contributed by atoms with Crippen LogP contribution in [0, 0.1) is 11.6 Å². The Labute approximate surface area is 219 Å². The predicted octanol–water partition coefficient (Wildman–Crippen LogP) is 3.54. The monoisotopic (exact) mass is 559 g/mol. The first-order chi connectivity index (χ1) is 17.5. The zero-order valence-electron chi connectivity index (χ0n) is 20.4. The smallest absolute Gasteiger partial charge is 0.434 e. The largest absolute Gasteiger partial charge is 0.470 e. The number of carbonyl (C=O) groups is 1. The molecule has 2 unspecified atom stereocenters. The average molecular weight is 560 g/mol. The van der Waals surface area contributed by atoms with Crippen molar-refractivity contribution in [3.63, 3.8) is 0 Å². The number of anilines is 1. The van der Waals surface area contributed by atoms with Gasteiger partial charge in [-0.1, -0.05) is 23.9 Å². The molecule has 2 fully saturated rings. The molecule has 1 amide bonds. The predicted molar refractivity (Wildman–Crippen MR) is 131 cm³/mol. The molecule has 0 spiro atoms. The Morgan fingerprint density at radius 2 is 2.08 bits per heavy atom. The molecule has 0 bridgehead atoms. The van der Waals surface area contributed by atoms with Gasteiger partial charge in [0.25, 0.3) is 11.3 Å². The van der Waals surface area contributed by atoms with Crippen LogP contribution < -0.4 is 9.15 Å². The van der Waals surface area contributed by atoms with Gasteiger partial charge in [0.2, 0.25) is 5.88 Å². The van der Waals surface area contributed by atoms with Crippen LogP contribution in [0.1, 0.15) is 32.8 Å². The normalized spacial score (nSPS) is 18.9. The minimum absolute atomic E-state index is 0.0113. The molecule has 0 aliphatic carbocycles. The molecule has 15 heteroatoms. The maximum Gasteiger partial charge on any atom is 0.434 e. The summed E-state index contributed by atoms with van der Waals surface area (Å²) in [5.74, 6) is -1.77. The van der Waals surface area contributed by atoms with E-state index in [1.165, 1.54) is 18.2 Å². The number of amides is 1. The standard InChI is InChI=1S/C22H27F2N5O6S2/c1-22(2,3)35-21(30)28-11-15(12-33-28)34-18-10-17(29(37(31)32)27-8-5-9-27)25-20(26-18)36-13-14-6-4-7-16(23)19(14)24/h4,6-7,10,15H,5,8-9,11-13H2,1-3H3,(H,31,32). The molecule has 0 radical (unpaired) electrons. The number of nitrogens with zero attached hydrogens (tertiary/aromatic N) is 5. The molecule has 1 aromatic heterocycles. The van der Waals surface area contributed by atoms with Crippen molar-refractivity contribution >= 4 is 34.9 Å². The number of rotatable bonds is 8. The molecule has 1 aromatic carbocycles. The molecule has 0 saturated carbocycles. The summed E-state index contributed by atoms with van der Waals surface area (Å²) < 4.78 is 62.1. The van der Waals surface area contributed by atoms with Gasteiger partial charge < -0.3 is 9.47 Å². The topological polar surface area (TPSA) is 118 Å². The second kappa shape index (κ2) is 11.4. The fourth-order valence-electron chi connectivity index (χ4n) is 3.37. The molecule has 37 heavy (non-hydrogen) atoms. The maximum absolute atomic E-state index is 14.1. The summed E-state index contributed by atoms with van der Waals surface area (Å²) in [7, 11) is 0. The van der Waals surface area contributed by atoms with E-state index in [2.05, 4.69) is 9.97 Å². The Bertz CT molecular complexity index is 1170. The van der Waals surface area contributed by atoms with Crippen molar-refractivity contribution in [1.29, 1.82) is 0 Å². The lowest BCUT2D eigenvalue weighted by Gasteiger charge is -2.38. The number of hydrazine groups is 1. The molecular formula is C22H27F2N5O6S2. The Kier molecular flexibility index (Phi) is 8.48. The van der Waals surface area contributed by atoms with Gasteiger partial charge in [0.05, 0.1) is 6.54 Å². The summed E-state index contributed by atoms with van der Waals surface area (Å²) in [4.78, 5) is 26.4. The number of hydroxylamine groups is 2. The van der Waals surface area contributed by atoms with E-state index in [0.29, 0.717) is 13.1 Å². The van der Waals surface area contributed by atoms with E-state index >= 15 is 0 Å². The third-order valence-corrected chi connectivity index (χ3v) is 6.77. The lowest BCUT2D eigenvalue weighted by atomic mass is 10.2. The molecule has 11 nitrogen and oxygen atoms in total. The van der Waals surface area contributed by atoms with E-state index in [9.17, 15) is 22.3 Å². The van der Waals surface area contributed by atoms with Crippen LogP contribution in [0.15, 0.2) is 29.4 Å². The fraction of sp³-hybridized carbons (Fsp3) is 0.500. The Morgan fingerprint density at radius 3 is 2.73 bits per heavy atom. The fourth-order valence-corrected chi connectivity index (χ4v) is 4.80. The van der Waals surface area contributed by atoms with Gasteiger partial charge in [-0.3, -0.25) is 9.39 Å². The summed E-state index contributed by atoms with van der Waals surface area (Å²) in [5, 5.41) is 2.82. The van der Waals surface area contributed by atoms with Gasteiger partial charge in [0.15, 0.2) is 22.6 Å². The SMILES string of the molecule is CC(C)(C)OC(=O)N1CC(Oc2cc(N(N3CCC3)S(=O)O)nc(SCc3cccc(F)c3F)n2)CO1. The number of halogens is 2. The third-order valence-electron chi connectivity index (χ3n) is 5.16. The zero-order chi connectivity index (χ0) is 26.7.